The highest BCUT2D eigenvalue weighted by Crippen LogP contribution is 2.47. The number of carbonyl (C=O) groups excluding carboxylic acids is 2. The van der Waals surface area contributed by atoms with Crippen LogP contribution in [-0.4, -0.2) is 49.2 Å². The van der Waals surface area contributed by atoms with Gasteiger partial charge < -0.3 is 10.2 Å². The Bertz CT molecular complexity index is 812. The molecule has 142 valence electrons. The summed E-state index contributed by atoms with van der Waals surface area (Å²) in [6.45, 7) is 1.80. The van der Waals surface area contributed by atoms with E-state index in [4.69, 9.17) is 0 Å². The maximum Gasteiger partial charge on any atom is 0.253 e. The van der Waals surface area contributed by atoms with E-state index in [0.29, 0.717) is 24.8 Å². The van der Waals surface area contributed by atoms with Gasteiger partial charge in [-0.25, -0.2) is 8.42 Å². The third-order valence-electron chi connectivity index (χ3n) is 5.94. The van der Waals surface area contributed by atoms with Gasteiger partial charge in [0, 0.05) is 31.3 Å². The van der Waals surface area contributed by atoms with Crippen LogP contribution < -0.4 is 5.32 Å². The van der Waals surface area contributed by atoms with E-state index >= 15 is 0 Å². The molecule has 1 saturated carbocycles. The molecule has 26 heavy (non-hydrogen) atoms. The molecule has 2 atom stereocenters. The Labute approximate surface area is 154 Å². The van der Waals surface area contributed by atoms with Crippen LogP contribution in [0.1, 0.15) is 61.0 Å². The van der Waals surface area contributed by atoms with Crippen molar-refractivity contribution in [2.24, 2.45) is 0 Å². The predicted octanol–water partition coefficient (Wildman–Crippen LogP) is 2.07. The number of benzene rings is 1. The zero-order valence-electron chi connectivity index (χ0n) is 15.5. The number of hydrogen-bond donors (Lipinski definition) is 1. The molecule has 1 aliphatic carbocycles. The van der Waals surface area contributed by atoms with Gasteiger partial charge in [0.05, 0.1) is 10.8 Å². The quantitative estimate of drug-likeness (QED) is 0.850. The first-order valence-corrected chi connectivity index (χ1v) is 10.9. The standard InChI is InChI=1S/C19H26N2O4S/c1-13(19(11-12-19)26(3,24)25)21(2)18(23)15-9-7-14(8-10-15)16-5-4-6-17(22)20-16/h7-10,13,16H,4-6,11-12H2,1-3H3,(H,20,22). The fourth-order valence-corrected chi connectivity index (χ4v) is 5.49. The van der Waals surface area contributed by atoms with Gasteiger partial charge in [-0.2, -0.15) is 0 Å². The number of rotatable bonds is 5. The summed E-state index contributed by atoms with van der Waals surface area (Å²) in [4.78, 5) is 25.9. The van der Waals surface area contributed by atoms with Crippen molar-refractivity contribution in [3.63, 3.8) is 0 Å². The molecule has 1 aromatic carbocycles. The Balaban J connectivity index is 1.73. The number of piperidine rings is 1. The summed E-state index contributed by atoms with van der Waals surface area (Å²) in [5, 5.41) is 2.97. The minimum Gasteiger partial charge on any atom is -0.349 e. The van der Waals surface area contributed by atoms with Crippen LogP contribution in [0.3, 0.4) is 0 Å². The molecule has 1 heterocycles. The molecule has 1 saturated heterocycles. The monoisotopic (exact) mass is 378 g/mol. The smallest absolute Gasteiger partial charge is 0.253 e. The number of hydrogen-bond acceptors (Lipinski definition) is 4. The van der Waals surface area contributed by atoms with Crippen molar-refractivity contribution >= 4 is 21.7 Å². The molecule has 1 aliphatic heterocycles. The van der Waals surface area contributed by atoms with Gasteiger partial charge in [-0.15, -0.1) is 0 Å². The van der Waals surface area contributed by atoms with Crippen molar-refractivity contribution in [2.75, 3.05) is 13.3 Å². The second-order valence-electron chi connectivity index (χ2n) is 7.56. The summed E-state index contributed by atoms with van der Waals surface area (Å²) in [7, 11) is -1.55. The van der Waals surface area contributed by atoms with E-state index in [1.165, 1.54) is 11.2 Å². The minimum atomic E-state index is -3.21. The summed E-state index contributed by atoms with van der Waals surface area (Å²) in [5.74, 6) is -0.128. The second-order valence-corrected chi connectivity index (χ2v) is 9.92. The molecule has 3 rings (SSSR count). The maximum atomic E-state index is 12.8. The van der Waals surface area contributed by atoms with E-state index in [1.54, 1.807) is 26.1 Å². The van der Waals surface area contributed by atoms with E-state index < -0.39 is 14.6 Å². The molecule has 1 aromatic rings. The first-order valence-electron chi connectivity index (χ1n) is 9.02. The van der Waals surface area contributed by atoms with Crippen molar-refractivity contribution in [1.29, 1.82) is 0 Å². The SMILES string of the molecule is CC(N(C)C(=O)c1ccc(C2CCCC(=O)N2)cc1)C1(S(C)(=O)=O)CC1. The molecule has 0 aromatic heterocycles. The molecule has 2 unspecified atom stereocenters. The van der Waals surface area contributed by atoms with Crippen molar-refractivity contribution in [2.45, 2.75) is 55.9 Å². The van der Waals surface area contributed by atoms with Crippen molar-refractivity contribution in [1.82, 2.24) is 10.2 Å². The highest BCUT2D eigenvalue weighted by molar-refractivity contribution is 7.92. The third-order valence-corrected chi connectivity index (χ3v) is 8.16. The first-order chi connectivity index (χ1) is 12.2. The van der Waals surface area contributed by atoms with Crippen LogP contribution in [0.2, 0.25) is 0 Å². The first kappa shape index (κ1) is 18.9. The Morgan fingerprint density at radius 1 is 1.27 bits per heavy atom. The lowest BCUT2D eigenvalue weighted by Crippen LogP contribution is -2.47. The lowest BCUT2D eigenvalue weighted by molar-refractivity contribution is -0.123. The van der Waals surface area contributed by atoms with Gasteiger partial charge >= 0.3 is 0 Å². The van der Waals surface area contributed by atoms with Crippen LogP contribution in [-0.2, 0) is 14.6 Å². The van der Waals surface area contributed by atoms with Gasteiger partial charge in [0.15, 0.2) is 9.84 Å². The number of amides is 2. The van der Waals surface area contributed by atoms with Gasteiger partial charge in [-0.05, 0) is 50.3 Å². The highest BCUT2D eigenvalue weighted by atomic mass is 32.2. The largest absolute Gasteiger partial charge is 0.349 e. The summed E-state index contributed by atoms with van der Waals surface area (Å²) < 4.78 is 23.4. The van der Waals surface area contributed by atoms with Crippen molar-refractivity contribution in [3.8, 4) is 0 Å². The zero-order chi connectivity index (χ0) is 19.1. The average molecular weight is 378 g/mol. The Kier molecular flexibility index (Phi) is 4.86. The van der Waals surface area contributed by atoms with Gasteiger partial charge in [-0.1, -0.05) is 12.1 Å². The van der Waals surface area contributed by atoms with E-state index in [9.17, 15) is 18.0 Å². The topological polar surface area (TPSA) is 83.6 Å². The van der Waals surface area contributed by atoms with Gasteiger partial charge in [0.25, 0.3) is 5.91 Å². The van der Waals surface area contributed by atoms with Crippen LogP contribution in [0.15, 0.2) is 24.3 Å². The minimum absolute atomic E-state index is 0.00276. The average Bonchev–Trinajstić information content (AvgIpc) is 3.42. The second kappa shape index (κ2) is 6.68. The lowest BCUT2D eigenvalue weighted by Gasteiger charge is -2.31. The lowest BCUT2D eigenvalue weighted by atomic mass is 9.96. The Hall–Kier alpha value is -1.89. The normalized spacial score (nSPS) is 23.0. The molecule has 7 heteroatoms. The van der Waals surface area contributed by atoms with Crippen molar-refractivity contribution < 1.29 is 18.0 Å². The van der Waals surface area contributed by atoms with Crippen LogP contribution in [0.4, 0.5) is 0 Å². The maximum absolute atomic E-state index is 12.8. The zero-order valence-corrected chi connectivity index (χ0v) is 16.3. The van der Waals surface area contributed by atoms with Crippen molar-refractivity contribution in [3.05, 3.63) is 35.4 Å². The van der Waals surface area contributed by atoms with Gasteiger partial charge in [-0.3, -0.25) is 9.59 Å². The summed E-state index contributed by atoms with van der Waals surface area (Å²) in [5.41, 5.74) is 1.51. The Morgan fingerprint density at radius 3 is 2.38 bits per heavy atom. The summed E-state index contributed by atoms with van der Waals surface area (Å²) in [6.07, 6.45) is 4.79. The van der Waals surface area contributed by atoms with Crippen LogP contribution in [0.25, 0.3) is 0 Å². The molecule has 2 aliphatic rings. The van der Waals surface area contributed by atoms with Crippen LogP contribution in [0.5, 0.6) is 0 Å². The predicted molar refractivity (Wildman–Crippen MR) is 99.5 cm³/mol. The number of nitrogens with zero attached hydrogens (tertiary/aromatic N) is 1. The molecular formula is C19H26N2O4S. The third kappa shape index (κ3) is 3.37. The van der Waals surface area contributed by atoms with E-state index in [2.05, 4.69) is 5.32 Å². The molecule has 1 N–H and O–H groups in total. The van der Waals surface area contributed by atoms with Crippen LogP contribution in [0, 0.1) is 0 Å². The number of nitrogens with one attached hydrogen (secondary N) is 1. The molecule has 2 fully saturated rings. The van der Waals surface area contributed by atoms with E-state index in [1.807, 2.05) is 12.1 Å². The molecule has 6 nitrogen and oxygen atoms in total. The molecule has 0 bridgehead atoms. The Morgan fingerprint density at radius 2 is 1.88 bits per heavy atom. The van der Waals surface area contributed by atoms with Gasteiger partial charge in [0.2, 0.25) is 5.91 Å². The summed E-state index contributed by atoms with van der Waals surface area (Å²) >= 11 is 0. The summed E-state index contributed by atoms with van der Waals surface area (Å²) in [6, 6.07) is 6.86. The molecule has 0 radical (unpaired) electrons. The molecule has 2 amide bonds. The van der Waals surface area contributed by atoms with E-state index in [0.717, 1.165) is 18.4 Å². The highest BCUT2D eigenvalue weighted by Gasteiger charge is 2.57. The fourth-order valence-electron chi connectivity index (χ4n) is 3.87. The number of carbonyl (C=O) groups is 2. The fraction of sp³-hybridized carbons (Fsp3) is 0.579. The number of sulfone groups is 1. The molecular weight excluding hydrogens is 352 g/mol. The molecule has 0 spiro atoms. The van der Waals surface area contributed by atoms with Gasteiger partial charge in [0.1, 0.15) is 0 Å². The van der Waals surface area contributed by atoms with E-state index in [-0.39, 0.29) is 23.9 Å². The van der Waals surface area contributed by atoms with Crippen LogP contribution >= 0.6 is 0 Å².